The van der Waals surface area contributed by atoms with Crippen LogP contribution in [-0.4, -0.2) is 21.9 Å². The first-order chi connectivity index (χ1) is 9.58. The summed E-state index contributed by atoms with van der Waals surface area (Å²) in [5.74, 6) is 2.87. The van der Waals surface area contributed by atoms with E-state index in [1.165, 1.54) is 0 Å². The number of fused-ring (bicyclic) bond motifs is 1. The number of benzene rings is 1. The van der Waals surface area contributed by atoms with Gasteiger partial charge in [-0.15, -0.1) is 5.10 Å². The number of hydrogen-bond donors (Lipinski definition) is 1. The Morgan fingerprint density at radius 2 is 2.25 bits per heavy atom. The summed E-state index contributed by atoms with van der Waals surface area (Å²) in [5, 5.41) is 4.97. The number of nitrogens with zero attached hydrogens (tertiary/aromatic N) is 3. The second-order valence-corrected chi connectivity index (χ2v) is 5.68. The number of anilines is 1. The summed E-state index contributed by atoms with van der Waals surface area (Å²) >= 11 is 6.13. The minimum Gasteiger partial charge on any atom is -0.496 e. The third-order valence-electron chi connectivity index (χ3n) is 3.92. The van der Waals surface area contributed by atoms with E-state index in [2.05, 4.69) is 17.0 Å². The molecule has 2 aromatic rings. The summed E-state index contributed by atoms with van der Waals surface area (Å²) in [4.78, 5) is 4.26. The topological polar surface area (TPSA) is 66.0 Å². The molecule has 6 heteroatoms. The number of methoxy groups -OCH3 is 1. The molecule has 0 radical (unpaired) electrons. The van der Waals surface area contributed by atoms with E-state index in [0.717, 1.165) is 35.1 Å². The third kappa shape index (κ3) is 2.22. The average molecular weight is 293 g/mol. The molecule has 3 rings (SSSR count). The predicted molar refractivity (Wildman–Crippen MR) is 78.0 cm³/mol. The molecule has 106 valence electrons. The fourth-order valence-electron chi connectivity index (χ4n) is 2.89. The summed E-state index contributed by atoms with van der Waals surface area (Å²) < 4.78 is 7.36. The van der Waals surface area contributed by atoms with Gasteiger partial charge in [0.05, 0.1) is 13.7 Å². The number of hydrogen-bond acceptors (Lipinski definition) is 4. The van der Waals surface area contributed by atoms with Crippen LogP contribution in [0.5, 0.6) is 5.75 Å². The Balaban J connectivity index is 2.00. The van der Waals surface area contributed by atoms with E-state index in [1.54, 1.807) is 7.11 Å². The lowest BCUT2D eigenvalue weighted by molar-refractivity contribution is 0.317. The van der Waals surface area contributed by atoms with Crippen LogP contribution in [0.25, 0.3) is 0 Å². The molecule has 20 heavy (non-hydrogen) atoms. The van der Waals surface area contributed by atoms with E-state index < -0.39 is 0 Å². The largest absolute Gasteiger partial charge is 0.496 e. The molecule has 2 heterocycles. The van der Waals surface area contributed by atoms with Gasteiger partial charge in [0, 0.05) is 22.9 Å². The highest BCUT2D eigenvalue weighted by Gasteiger charge is 2.30. The van der Waals surface area contributed by atoms with E-state index in [-0.39, 0.29) is 5.92 Å². The molecule has 0 bridgehead atoms. The third-order valence-corrected chi connectivity index (χ3v) is 4.15. The van der Waals surface area contributed by atoms with Crippen molar-refractivity contribution in [2.24, 2.45) is 5.92 Å². The Labute approximate surface area is 122 Å². The minimum atomic E-state index is 0.289. The standard InChI is InChI=1S/C14H17ClN4O/c1-8-5-13-17-14(16)18-19(13)7-11(8)10-6-9(15)3-4-12(10)20-2/h3-4,6,8,11H,5,7H2,1-2H3,(H2,16,18). The highest BCUT2D eigenvalue weighted by atomic mass is 35.5. The smallest absolute Gasteiger partial charge is 0.239 e. The average Bonchev–Trinajstić information content (AvgIpc) is 2.76. The molecule has 0 aliphatic carbocycles. The van der Waals surface area contributed by atoms with Crippen molar-refractivity contribution in [3.63, 3.8) is 0 Å². The first kappa shape index (κ1) is 13.2. The number of rotatable bonds is 2. The maximum atomic E-state index is 6.13. The molecule has 5 nitrogen and oxygen atoms in total. The number of nitrogens with two attached hydrogens (primary N) is 1. The van der Waals surface area contributed by atoms with Gasteiger partial charge >= 0.3 is 0 Å². The maximum absolute atomic E-state index is 6.13. The zero-order valence-corrected chi connectivity index (χ0v) is 12.3. The lowest BCUT2D eigenvalue weighted by Gasteiger charge is -2.30. The quantitative estimate of drug-likeness (QED) is 0.923. The van der Waals surface area contributed by atoms with Crippen molar-refractivity contribution in [1.29, 1.82) is 0 Å². The van der Waals surface area contributed by atoms with Crippen LogP contribution in [0.3, 0.4) is 0 Å². The second kappa shape index (κ2) is 4.98. The maximum Gasteiger partial charge on any atom is 0.239 e. The van der Waals surface area contributed by atoms with Crippen LogP contribution in [-0.2, 0) is 13.0 Å². The van der Waals surface area contributed by atoms with Crippen LogP contribution in [0.15, 0.2) is 18.2 Å². The van der Waals surface area contributed by atoms with E-state index in [1.807, 2.05) is 22.9 Å². The van der Waals surface area contributed by atoms with Gasteiger partial charge in [-0.05, 0) is 24.1 Å². The fourth-order valence-corrected chi connectivity index (χ4v) is 3.07. The molecule has 0 saturated carbocycles. The SMILES string of the molecule is COc1ccc(Cl)cc1C1Cn2nc(N)nc2CC1C. The van der Waals surface area contributed by atoms with E-state index in [9.17, 15) is 0 Å². The van der Waals surface area contributed by atoms with Crippen LogP contribution in [0.1, 0.15) is 24.2 Å². The molecule has 2 unspecified atom stereocenters. The molecule has 1 aliphatic rings. The summed E-state index contributed by atoms with van der Waals surface area (Å²) in [6.45, 7) is 2.96. The lowest BCUT2D eigenvalue weighted by Crippen LogP contribution is -2.27. The normalized spacial score (nSPS) is 21.6. The Bertz CT molecular complexity index is 640. The summed E-state index contributed by atoms with van der Waals surface area (Å²) in [7, 11) is 1.68. The van der Waals surface area contributed by atoms with Crippen molar-refractivity contribution in [2.45, 2.75) is 25.8 Å². The van der Waals surface area contributed by atoms with Crippen LogP contribution >= 0.6 is 11.6 Å². The molecule has 0 saturated heterocycles. The predicted octanol–water partition coefficient (Wildman–Crippen LogP) is 2.50. The molecule has 0 fully saturated rings. The monoisotopic (exact) mass is 292 g/mol. The van der Waals surface area contributed by atoms with Crippen molar-refractivity contribution in [2.75, 3.05) is 12.8 Å². The van der Waals surface area contributed by atoms with Gasteiger partial charge in [0.15, 0.2) is 0 Å². The van der Waals surface area contributed by atoms with E-state index in [0.29, 0.717) is 11.9 Å². The van der Waals surface area contributed by atoms with Gasteiger partial charge in [-0.1, -0.05) is 18.5 Å². The van der Waals surface area contributed by atoms with Crippen molar-refractivity contribution in [3.05, 3.63) is 34.6 Å². The Morgan fingerprint density at radius 1 is 1.45 bits per heavy atom. The van der Waals surface area contributed by atoms with Crippen LogP contribution in [0.4, 0.5) is 5.95 Å². The molecule has 2 atom stereocenters. The Hall–Kier alpha value is -1.75. The van der Waals surface area contributed by atoms with Crippen LogP contribution in [0, 0.1) is 5.92 Å². The summed E-state index contributed by atoms with van der Waals surface area (Å²) in [5.41, 5.74) is 6.80. The van der Waals surface area contributed by atoms with Crippen molar-refractivity contribution in [3.8, 4) is 5.75 Å². The van der Waals surface area contributed by atoms with Gasteiger partial charge in [-0.2, -0.15) is 4.98 Å². The lowest BCUT2D eigenvalue weighted by atomic mass is 9.82. The Kier molecular flexibility index (Phi) is 3.30. The van der Waals surface area contributed by atoms with Crippen molar-refractivity contribution in [1.82, 2.24) is 14.8 Å². The molecule has 1 aromatic heterocycles. The number of aromatic nitrogens is 3. The van der Waals surface area contributed by atoms with Gasteiger partial charge in [0.1, 0.15) is 11.6 Å². The zero-order valence-electron chi connectivity index (χ0n) is 11.5. The van der Waals surface area contributed by atoms with Gasteiger partial charge in [-0.3, -0.25) is 0 Å². The molecule has 0 spiro atoms. The first-order valence-electron chi connectivity index (χ1n) is 6.61. The number of halogens is 1. The zero-order chi connectivity index (χ0) is 14.3. The van der Waals surface area contributed by atoms with Crippen LogP contribution in [0.2, 0.25) is 5.02 Å². The molecule has 1 aliphatic heterocycles. The number of ether oxygens (including phenoxy) is 1. The van der Waals surface area contributed by atoms with Gasteiger partial charge in [0.25, 0.3) is 0 Å². The highest BCUT2D eigenvalue weighted by Crippen LogP contribution is 2.38. The van der Waals surface area contributed by atoms with Gasteiger partial charge in [0.2, 0.25) is 5.95 Å². The molecule has 1 aromatic carbocycles. The molecular weight excluding hydrogens is 276 g/mol. The molecular formula is C14H17ClN4O. The fraction of sp³-hybridized carbons (Fsp3) is 0.429. The molecule has 2 N–H and O–H groups in total. The molecule has 0 amide bonds. The highest BCUT2D eigenvalue weighted by molar-refractivity contribution is 6.30. The summed E-state index contributed by atoms with van der Waals surface area (Å²) in [6.07, 6.45) is 0.852. The van der Waals surface area contributed by atoms with E-state index in [4.69, 9.17) is 22.1 Å². The summed E-state index contributed by atoms with van der Waals surface area (Å²) in [6, 6.07) is 5.73. The van der Waals surface area contributed by atoms with Crippen molar-refractivity contribution >= 4 is 17.5 Å². The minimum absolute atomic E-state index is 0.289. The van der Waals surface area contributed by atoms with Gasteiger partial charge < -0.3 is 10.5 Å². The Morgan fingerprint density at radius 3 is 3.00 bits per heavy atom. The number of nitrogen functional groups attached to an aromatic ring is 1. The first-order valence-corrected chi connectivity index (χ1v) is 6.99. The van der Waals surface area contributed by atoms with Crippen molar-refractivity contribution < 1.29 is 4.74 Å². The second-order valence-electron chi connectivity index (χ2n) is 5.24. The van der Waals surface area contributed by atoms with Gasteiger partial charge in [-0.25, -0.2) is 4.68 Å². The van der Waals surface area contributed by atoms with E-state index >= 15 is 0 Å². The van der Waals surface area contributed by atoms with Crippen LogP contribution < -0.4 is 10.5 Å².